The number of hydrogen-bond acceptors (Lipinski definition) is 6. The van der Waals surface area contributed by atoms with E-state index in [2.05, 4.69) is 92.1 Å². The number of unbranched alkanes of at least 4 members (excludes halogenated alkanes) is 27. The highest BCUT2D eigenvalue weighted by atomic mass is 31.2. The van der Waals surface area contributed by atoms with Crippen LogP contribution >= 0.6 is 7.82 Å². The summed E-state index contributed by atoms with van der Waals surface area (Å²) < 4.78 is 23.3. The summed E-state index contributed by atoms with van der Waals surface area (Å²) in [6.07, 6.45) is 72.7. The van der Waals surface area contributed by atoms with Crippen molar-refractivity contribution in [1.29, 1.82) is 0 Å². The zero-order valence-corrected chi connectivity index (χ0v) is 47.1. The summed E-state index contributed by atoms with van der Waals surface area (Å²) in [6.45, 7) is 4.48. The number of amides is 1. The summed E-state index contributed by atoms with van der Waals surface area (Å²) in [5.74, 6) is -0.265. The van der Waals surface area contributed by atoms with Crippen LogP contribution in [-0.2, 0) is 18.4 Å². The van der Waals surface area contributed by atoms with E-state index < -0.39 is 26.6 Å². The van der Waals surface area contributed by atoms with Crippen LogP contribution in [-0.4, -0.2) is 68.5 Å². The molecule has 0 rings (SSSR count). The number of hydrogen-bond donors (Lipinski definition) is 2. The van der Waals surface area contributed by atoms with Crippen molar-refractivity contribution >= 4 is 13.7 Å². The topological polar surface area (TPSA) is 108 Å². The fourth-order valence-corrected chi connectivity index (χ4v) is 8.81. The number of aliphatic hydroxyl groups excluding tert-OH is 1. The molecule has 406 valence electrons. The molecule has 0 aromatic carbocycles. The maximum absolute atomic E-state index is 12.9. The van der Waals surface area contributed by atoms with E-state index >= 15 is 0 Å². The second kappa shape index (κ2) is 51.6. The van der Waals surface area contributed by atoms with Crippen LogP contribution in [0.2, 0.25) is 0 Å². The molecule has 0 spiro atoms. The van der Waals surface area contributed by atoms with Gasteiger partial charge in [0.15, 0.2) is 0 Å². The zero-order valence-electron chi connectivity index (χ0n) is 46.2. The fraction of sp³-hybridized carbons (Fsp3) is 0.754. The highest BCUT2D eigenvalue weighted by molar-refractivity contribution is 7.45. The van der Waals surface area contributed by atoms with Crippen molar-refractivity contribution < 1.29 is 32.9 Å². The van der Waals surface area contributed by atoms with E-state index in [0.717, 1.165) is 57.8 Å². The van der Waals surface area contributed by atoms with Crippen LogP contribution in [0.5, 0.6) is 0 Å². The minimum Gasteiger partial charge on any atom is -0.756 e. The Bertz CT molecular complexity index is 1410. The number of nitrogens with zero attached hydrogens (tertiary/aromatic N) is 1. The molecule has 70 heavy (non-hydrogen) atoms. The van der Waals surface area contributed by atoms with E-state index in [0.29, 0.717) is 17.4 Å². The molecule has 0 aliphatic rings. The number of aliphatic hydroxyl groups is 1. The van der Waals surface area contributed by atoms with Crippen LogP contribution in [0.15, 0.2) is 85.1 Å². The molecule has 0 bridgehead atoms. The lowest BCUT2D eigenvalue weighted by Crippen LogP contribution is -2.45. The average Bonchev–Trinajstić information content (AvgIpc) is 3.32. The van der Waals surface area contributed by atoms with Crippen molar-refractivity contribution in [2.75, 3.05) is 40.9 Å². The number of quaternary nitrogens is 1. The summed E-state index contributed by atoms with van der Waals surface area (Å²) in [7, 11) is 1.20. The lowest BCUT2D eigenvalue weighted by atomic mass is 10.0. The van der Waals surface area contributed by atoms with Gasteiger partial charge in [-0.3, -0.25) is 9.36 Å². The number of likely N-dealkylation sites (N-methyl/N-ethyl adjacent to an activating group) is 1. The molecule has 0 radical (unpaired) electrons. The quantitative estimate of drug-likeness (QED) is 0.0272. The number of phosphoric ester groups is 1. The first-order valence-electron chi connectivity index (χ1n) is 28.9. The Kier molecular flexibility index (Phi) is 49.9. The first-order valence-corrected chi connectivity index (χ1v) is 30.4. The van der Waals surface area contributed by atoms with E-state index in [1.54, 1.807) is 6.08 Å². The minimum absolute atomic E-state index is 0.0211. The van der Waals surface area contributed by atoms with Crippen LogP contribution in [0, 0.1) is 0 Å². The van der Waals surface area contributed by atoms with E-state index in [-0.39, 0.29) is 18.9 Å². The molecule has 3 atom stereocenters. The van der Waals surface area contributed by atoms with Gasteiger partial charge < -0.3 is 28.8 Å². The number of rotatable bonds is 52. The van der Waals surface area contributed by atoms with Crippen LogP contribution in [0.4, 0.5) is 0 Å². The fourth-order valence-electron chi connectivity index (χ4n) is 8.09. The third-order valence-electron chi connectivity index (χ3n) is 12.6. The molecule has 3 unspecified atom stereocenters. The van der Waals surface area contributed by atoms with Gasteiger partial charge in [0.1, 0.15) is 13.2 Å². The van der Waals surface area contributed by atoms with Crippen molar-refractivity contribution in [3.05, 3.63) is 85.1 Å². The molecule has 0 heterocycles. The van der Waals surface area contributed by atoms with Gasteiger partial charge >= 0.3 is 0 Å². The van der Waals surface area contributed by atoms with Gasteiger partial charge in [-0.2, -0.15) is 0 Å². The highest BCUT2D eigenvalue weighted by Gasteiger charge is 2.23. The molecule has 0 aliphatic heterocycles. The minimum atomic E-state index is -4.63. The van der Waals surface area contributed by atoms with E-state index in [1.165, 1.54) is 161 Å². The van der Waals surface area contributed by atoms with Gasteiger partial charge in [-0.1, -0.05) is 253 Å². The lowest BCUT2D eigenvalue weighted by Gasteiger charge is -2.29. The summed E-state index contributed by atoms with van der Waals surface area (Å²) in [6, 6.07) is -0.939. The first kappa shape index (κ1) is 67.7. The second-order valence-electron chi connectivity index (χ2n) is 20.6. The predicted molar refractivity (Wildman–Crippen MR) is 302 cm³/mol. The number of carbonyl (C=O) groups is 1. The Morgan fingerprint density at radius 3 is 1.33 bits per heavy atom. The Morgan fingerprint density at radius 1 is 0.514 bits per heavy atom. The van der Waals surface area contributed by atoms with Gasteiger partial charge in [0.25, 0.3) is 7.82 Å². The van der Waals surface area contributed by atoms with E-state index in [9.17, 15) is 19.4 Å². The van der Waals surface area contributed by atoms with Gasteiger partial charge in [0, 0.05) is 6.42 Å². The SMILES string of the molecule is CC/C=C\C/C=C\C/C=C\C/C=C\C/C=C\CCCC(=O)NC(COP(=O)([O-])OCC[N+](C)(C)C)C(O)/C=C/CC/C=C/CCCCCCCCCCCCCCCCCCCCCCCCCCC. The van der Waals surface area contributed by atoms with Crippen molar-refractivity contribution in [2.45, 2.75) is 257 Å². The largest absolute Gasteiger partial charge is 0.756 e. The molecule has 1 amide bonds. The Morgan fingerprint density at radius 2 is 0.886 bits per heavy atom. The standard InChI is InChI=1S/C61H111N2O6P/c1-6-8-10-12-14-16-18-20-22-24-25-26-27-28-29-30-31-32-33-34-35-36-37-39-40-42-44-46-48-50-52-54-60(64)59(58-69-70(66,67)68-57-56-63(3,4)5)62-61(65)55-53-51-49-47-45-43-41-38-23-21-19-17-15-13-11-9-7-2/h9,11,15,17,21,23,41,43-44,46-47,49,52,54,59-60,64H,6-8,10,12-14,16,18-20,22,24-40,42,45,48,50-51,53,55-58H2,1-5H3,(H-,62,65,66,67)/b11-9-,17-15-,23-21-,43-41-,46-44+,49-47-,54-52+. The average molecular weight is 1000 g/mol. The maximum Gasteiger partial charge on any atom is 0.268 e. The first-order chi connectivity index (χ1) is 34.0. The molecular weight excluding hydrogens is 888 g/mol. The van der Waals surface area contributed by atoms with Gasteiger partial charge in [-0.15, -0.1) is 0 Å². The molecule has 0 fully saturated rings. The smallest absolute Gasteiger partial charge is 0.268 e. The molecule has 0 aromatic heterocycles. The monoisotopic (exact) mass is 999 g/mol. The Hall–Kier alpha value is -2.32. The predicted octanol–water partition coefficient (Wildman–Crippen LogP) is 17.0. The maximum atomic E-state index is 12.9. The molecule has 9 heteroatoms. The third kappa shape index (κ3) is 53.5. The molecule has 0 saturated carbocycles. The summed E-state index contributed by atoms with van der Waals surface area (Å²) in [5.41, 5.74) is 0. The van der Waals surface area contributed by atoms with Crippen molar-refractivity contribution in [3.8, 4) is 0 Å². The van der Waals surface area contributed by atoms with E-state index in [1.807, 2.05) is 27.2 Å². The molecule has 8 nitrogen and oxygen atoms in total. The number of carbonyl (C=O) groups excluding carboxylic acids is 1. The highest BCUT2D eigenvalue weighted by Crippen LogP contribution is 2.38. The van der Waals surface area contributed by atoms with Crippen molar-refractivity contribution in [1.82, 2.24) is 5.32 Å². The second-order valence-corrected chi connectivity index (χ2v) is 22.0. The van der Waals surface area contributed by atoms with Crippen LogP contribution in [0.3, 0.4) is 0 Å². The van der Waals surface area contributed by atoms with Crippen LogP contribution < -0.4 is 10.2 Å². The van der Waals surface area contributed by atoms with Gasteiger partial charge in [0.05, 0.1) is 39.9 Å². The Labute approximate surface area is 433 Å². The summed E-state index contributed by atoms with van der Waals surface area (Å²) in [5, 5.41) is 13.8. The molecule has 0 saturated heterocycles. The lowest BCUT2D eigenvalue weighted by molar-refractivity contribution is -0.870. The molecule has 0 aliphatic carbocycles. The van der Waals surface area contributed by atoms with Gasteiger partial charge in [-0.25, -0.2) is 0 Å². The van der Waals surface area contributed by atoms with Crippen molar-refractivity contribution in [3.63, 3.8) is 0 Å². The molecule has 0 aromatic rings. The van der Waals surface area contributed by atoms with Gasteiger partial charge in [0.2, 0.25) is 5.91 Å². The normalized spacial score (nSPS) is 14.6. The third-order valence-corrected chi connectivity index (χ3v) is 13.6. The van der Waals surface area contributed by atoms with Crippen LogP contribution in [0.25, 0.3) is 0 Å². The number of allylic oxidation sites excluding steroid dienone is 13. The zero-order chi connectivity index (χ0) is 51.3. The molecule has 2 N–H and O–H groups in total. The van der Waals surface area contributed by atoms with Gasteiger partial charge in [-0.05, 0) is 70.6 Å². The number of nitrogens with one attached hydrogen (secondary N) is 1. The van der Waals surface area contributed by atoms with E-state index in [4.69, 9.17) is 9.05 Å². The van der Waals surface area contributed by atoms with Crippen LogP contribution in [0.1, 0.15) is 245 Å². The molecular formula is C61H111N2O6P. The Balaban J connectivity index is 4.24. The summed E-state index contributed by atoms with van der Waals surface area (Å²) >= 11 is 0. The number of phosphoric acid groups is 1. The summed E-state index contributed by atoms with van der Waals surface area (Å²) in [4.78, 5) is 25.4. The van der Waals surface area contributed by atoms with Crippen molar-refractivity contribution in [2.24, 2.45) is 0 Å².